The van der Waals surface area contributed by atoms with Crippen LogP contribution in [0, 0.1) is 10.1 Å². The standard InChI is InChI=1S/C21H15N3O5S/c1-29-19(25)12-23-17-11-14(24(27)28)9-10-18(17)30-21(23)22-20(26)16-8-4-6-13-5-2-3-7-15(13)16/h2-11H,12H2,1H3. The molecule has 0 aliphatic heterocycles. The number of fused-ring (bicyclic) bond motifs is 2. The first-order valence-electron chi connectivity index (χ1n) is 8.89. The average Bonchev–Trinajstić information content (AvgIpc) is 3.09. The van der Waals surface area contributed by atoms with E-state index >= 15 is 0 Å². The molecule has 8 nitrogen and oxygen atoms in total. The summed E-state index contributed by atoms with van der Waals surface area (Å²) in [5.41, 5.74) is 0.746. The highest BCUT2D eigenvalue weighted by atomic mass is 32.1. The number of ether oxygens (including phenoxy) is 1. The van der Waals surface area contributed by atoms with Gasteiger partial charge in [-0.1, -0.05) is 47.7 Å². The van der Waals surface area contributed by atoms with Crippen LogP contribution in [0.4, 0.5) is 5.69 Å². The van der Waals surface area contributed by atoms with Gasteiger partial charge in [0.2, 0.25) is 0 Å². The van der Waals surface area contributed by atoms with Gasteiger partial charge in [0.25, 0.3) is 11.6 Å². The van der Waals surface area contributed by atoms with Gasteiger partial charge in [-0.25, -0.2) is 0 Å². The maximum Gasteiger partial charge on any atom is 0.325 e. The molecule has 1 aromatic heterocycles. The van der Waals surface area contributed by atoms with E-state index in [0.717, 1.165) is 10.8 Å². The van der Waals surface area contributed by atoms with Crippen LogP contribution in [-0.2, 0) is 16.1 Å². The van der Waals surface area contributed by atoms with Crippen LogP contribution >= 0.6 is 11.3 Å². The summed E-state index contributed by atoms with van der Waals surface area (Å²) in [6.07, 6.45) is 0. The zero-order chi connectivity index (χ0) is 21.3. The number of carbonyl (C=O) groups is 2. The average molecular weight is 421 g/mol. The summed E-state index contributed by atoms with van der Waals surface area (Å²) < 4.78 is 6.86. The lowest BCUT2D eigenvalue weighted by molar-refractivity contribution is -0.384. The number of benzene rings is 3. The first-order chi connectivity index (χ1) is 14.5. The van der Waals surface area contributed by atoms with Crippen LogP contribution in [0.5, 0.6) is 0 Å². The molecule has 9 heteroatoms. The largest absolute Gasteiger partial charge is 0.468 e. The van der Waals surface area contributed by atoms with Gasteiger partial charge in [0.05, 0.1) is 22.2 Å². The molecule has 0 aliphatic rings. The van der Waals surface area contributed by atoms with Gasteiger partial charge in [0, 0.05) is 17.7 Å². The molecule has 0 fully saturated rings. The van der Waals surface area contributed by atoms with Gasteiger partial charge in [-0.15, -0.1) is 0 Å². The topological polar surface area (TPSA) is 104 Å². The minimum Gasteiger partial charge on any atom is -0.468 e. The van der Waals surface area contributed by atoms with Crippen LogP contribution < -0.4 is 4.80 Å². The van der Waals surface area contributed by atoms with Gasteiger partial charge >= 0.3 is 5.97 Å². The van der Waals surface area contributed by atoms with E-state index in [4.69, 9.17) is 4.74 Å². The summed E-state index contributed by atoms with van der Waals surface area (Å²) in [7, 11) is 1.25. The zero-order valence-electron chi connectivity index (χ0n) is 15.8. The fourth-order valence-electron chi connectivity index (χ4n) is 3.16. The monoisotopic (exact) mass is 421 g/mol. The molecule has 150 valence electrons. The summed E-state index contributed by atoms with van der Waals surface area (Å²) in [5.74, 6) is -1.02. The zero-order valence-corrected chi connectivity index (χ0v) is 16.6. The number of rotatable bonds is 4. The Morgan fingerprint density at radius 3 is 2.67 bits per heavy atom. The second-order valence-electron chi connectivity index (χ2n) is 6.40. The highest BCUT2D eigenvalue weighted by molar-refractivity contribution is 7.16. The van der Waals surface area contributed by atoms with Crippen LogP contribution in [-0.4, -0.2) is 28.5 Å². The third-order valence-corrected chi connectivity index (χ3v) is 5.67. The van der Waals surface area contributed by atoms with Crippen LogP contribution in [0.15, 0.2) is 65.7 Å². The number of hydrogen-bond donors (Lipinski definition) is 0. The molecule has 0 atom stereocenters. The fraction of sp³-hybridized carbons (Fsp3) is 0.0952. The number of carbonyl (C=O) groups excluding carboxylic acids is 2. The van der Waals surface area contributed by atoms with Crippen LogP contribution in [0.1, 0.15) is 10.4 Å². The van der Waals surface area contributed by atoms with Crippen LogP contribution in [0.25, 0.3) is 21.0 Å². The van der Waals surface area contributed by atoms with E-state index in [-0.39, 0.29) is 17.0 Å². The summed E-state index contributed by atoms with van der Waals surface area (Å²) in [6.45, 7) is -0.223. The van der Waals surface area contributed by atoms with Crippen molar-refractivity contribution in [3.63, 3.8) is 0 Å². The number of nitro groups is 1. The van der Waals surface area contributed by atoms with Crippen molar-refractivity contribution in [3.05, 3.63) is 81.1 Å². The van der Waals surface area contributed by atoms with Crippen molar-refractivity contribution in [1.82, 2.24) is 4.57 Å². The number of amides is 1. The quantitative estimate of drug-likeness (QED) is 0.284. The van der Waals surface area contributed by atoms with E-state index in [1.807, 2.05) is 30.3 Å². The van der Waals surface area contributed by atoms with E-state index in [1.54, 1.807) is 18.2 Å². The predicted octanol–water partition coefficient (Wildman–Crippen LogP) is 3.68. The molecule has 0 aliphatic carbocycles. The van der Waals surface area contributed by atoms with Crippen molar-refractivity contribution < 1.29 is 19.2 Å². The first kappa shape index (κ1) is 19.5. The van der Waals surface area contributed by atoms with Gasteiger partial charge < -0.3 is 9.30 Å². The van der Waals surface area contributed by atoms with Crippen molar-refractivity contribution in [1.29, 1.82) is 0 Å². The Bertz CT molecular complexity index is 1380. The number of nitrogens with zero attached hydrogens (tertiary/aromatic N) is 3. The lowest BCUT2D eigenvalue weighted by Crippen LogP contribution is -2.22. The van der Waals surface area contributed by atoms with Gasteiger partial charge in [0.15, 0.2) is 4.80 Å². The van der Waals surface area contributed by atoms with Crippen LogP contribution in [0.2, 0.25) is 0 Å². The van der Waals surface area contributed by atoms with E-state index in [2.05, 4.69) is 4.99 Å². The molecule has 1 amide bonds. The lowest BCUT2D eigenvalue weighted by Gasteiger charge is -2.04. The molecule has 30 heavy (non-hydrogen) atoms. The summed E-state index contributed by atoms with van der Waals surface area (Å²) in [5, 5.41) is 12.8. The molecule has 0 spiro atoms. The highest BCUT2D eigenvalue weighted by Gasteiger charge is 2.16. The smallest absolute Gasteiger partial charge is 0.325 e. The third-order valence-electron chi connectivity index (χ3n) is 4.61. The molecule has 4 aromatic rings. The Morgan fingerprint density at radius 2 is 1.90 bits per heavy atom. The van der Waals surface area contributed by atoms with Crippen LogP contribution in [0.3, 0.4) is 0 Å². The highest BCUT2D eigenvalue weighted by Crippen LogP contribution is 2.24. The Hall–Kier alpha value is -3.85. The number of hydrogen-bond acceptors (Lipinski definition) is 6. The fourth-order valence-corrected chi connectivity index (χ4v) is 4.17. The maximum atomic E-state index is 13.0. The molecule has 3 aromatic carbocycles. The number of esters is 1. The summed E-state index contributed by atoms with van der Waals surface area (Å²) in [4.78, 5) is 40.1. The molecule has 0 saturated carbocycles. The predicted molar refractivity (Wildman–Crippen MR) is 112 cm³/mol. The van der Waals surface area contributed by atoms with Crippen molar-refractivity contribution in [2.45, 2.75) is 6.54 Å². The molecule has 0 unspecified atom stereocenters. The lowest BCUT2D eigenvalue weighted by atomic mass is 10.0. The Morgan fingerprint density at radius 1 is 1.13 bits per heavy atom. The number of methoxy groups -OCH3 is 1. The molecule has 0 bridgehead atoms. The van der Waals surface area contributed by atoms with Crippen molar-refractivity contribution in [3.8, 4) is 0 Å². The first-order valence-corrected chi connectivity index (χ1v) is 9.71. The number of nitro benzene ring substituents is 1. The molecule has 0 radical (unpaired) electrons. The summed E-state index contributed by atoms with van der Waals surface area (Å²) in [6, 6.07) is 17.2. The molecular formula is C21H15N3O5S. The number of aromatic nitrogens is 1. The summed E-state index contributed by atoms with van der Waals surface area (Å²) >= 11 is 1.17. The van der Waals surface area contributed by atoms with E-state index in [0.29, 0.717) is 15.8 Å². The number of thiazole rings is 1. The SMILES string of the molecule is COC(=O)Cn1c(=NC(=O)c2cccc3ccccc23)sc2ccc([N+](=O)[O-])cc21. The van der Waals surface area contributed by atoms with Crippen molar-refractivity contribution in [2.75, 3.05) is 7.11 Å². The number of non-ortho nitro benzene ring substituents is 1. The molecule has 0 N–H and O–H groups in total. The molecule has 0 saturated heterocycles. The normalized spacial score (nSPS) is 11.7. The van der Waals surface area contributed by atoms with Gasteiger partial charge in [-0.3, -0.25) is 19.7 Å². The van der Waals surface area contributed by atoms with Crippen molar-refractivity contribution in [2.24, 2.45) is 4.99 Å². The second-order valence-corrected chi connectivity index (χ2v) is 7.41. The van der Waals surface area contributed by atoms with Gasteiger partial charge in [-0.2, -0.15) is 4.99 Å². The second kappa shape index (κ2) is 7.88. The van der Waals surface area contributed by atoms with Gasteiger partial charge in [0.1, 0.15) is 6.54 Å². The Balaban J connectivity index is 1.91. The van der Waals surface area contributed by atoms with Crippen molar-refractivity contribution >= 4 is 49.9 Å². The molecule has 4 rings (SSSR count). The van der Waals surface area contributed by atoms with E-state index in [1.165, 1.54) is 35.1 Å². The molecular weight excluding hydrogens is 406 g/mol. The minimum absolute atomic E-state index is 0.120. The Kier molecular flexibility index (Phi) is 5.11. The van der Waals surface area contributed by atoms with E-state index < -0.39 is 16.8 Å². The van der Waals surface area contributed by atoms with E-state index in [9.17, 15) is 19.7 Å². The molecule has 1 heterocycles. The Labute approximate surface area is 173 Å². The maximum absolute atomic E-state index is 13.0. The third kappa shape index (κ3) is 3.58. The van der Waals surface area contributed by atoms with Gasteiger partial charge in [-0.05, 0) is 22.9 Å². The minimum atomic E-state index is -0.555.